The van der Waals surface area contributed by atoms with E-state index in [1.54, 1.807) is 0 Å². The van der Waals surface area contributed by atoms with Crippen LogP contribution in [0.1, 0.15) is 58.8 Å². The Balaban J connectivity index is 2.23. The Bertz CT molecular complexity index is 136. The maximum absolute atomic E-state index is 5.48. The molecule has 0 aromatic rings. The first-order chi connectivity index (χ1) is 6.72. The lowest BCUT2D eigenvalue weighted by Gasteiger charge is -2.25. The molecule has 1 heteroatoms. The first-order valence-electron chi connectivity index (χ1n) is 6.11. The van der Waals surface area contributed by atoms with Gasteiger partial charge < -0.3 is 4.74 Å². The molecule has 0 aromatic carbocycles. The van der Waals surface area contributed by atoms with Crippen LogP contribution in [0.4, 0.5) is 0 Å². The molecule has 0 spiro atoms. The van der Waals surface area contributed by atoms with Gasteiger partial charge in [-0.25, -0.2) is 0 Å². The molecule has 1 fully saturated rings. The minimum absolute atomic E-state index is 0.730. The highest BCUT2D eigenvalue weighted by atomic mass is 16.5. The number of rotatable bonds is 5. The van der Waals surface area contributed by atoms with Crippen molar-refractivity contribution in [2.45, 2.75) is 58.8 Å². The Morgan fingerprint density at radius 3 is 2.36 bits per heavy atom. The third kappa shape index (κ3) is 4.45. The smallest absolute Gasteiger partial charge is 0.0972 e. The summed E-state index contributed by atoms with van der Waals surface area (Å²) in [6.07, 6.45) is 10.8. The first kappa shape index (κ1) is 12.0. The van der Waals surface area contributed by atoms with Crippen LogP contribution in [0, 0.1) is 17.9 Å². The van der Waals surface area contributed by atoms with Crippen molar-refractivity contribution in [3.8, 4) is 0 Å². The van der Waals surface area contributed by atoms with Gasteiger partial charge in [0.2, 0.25) is 0 Å². The van der Waals surface area contributed by atoms with E-state index in [0.717, 1.165) is 18.3 Å². The highest BCUT2D eigenvalue weighted by Crippen LogP contribution is 2.32. The Hall–Kier alpha value is -0.0400. The molecule has 0 unspecified atom stereocenters. The van der Waals surface area contributed by atoms with Gasteiger partial charge in [0.15, 0.2) is 0 Å². The van der Waals surface area contributed by atoms with Crippen LogP contribution in [0.2, 0.25) is 0 Å². The van der Waals surface area contributed by atoms with E-state index >= 15 is 0 Å². The molecule has 0 saturated heterocycles. The van der Waals surface area contributed by atoms with Crippen molar-refractivity contribution in [2.24, 2.45) is 11.8 Å². The lowest BCUT2D eigenvalue weighted by atomic mass is 9.84. The molecule has 0 bridgehead atoms. The van der Waals surface area contributed by atoms with Crippen molar-refractivity contribution in [1.82, 2.24) is 0 Å². The molecule has 1 saturated carbocycles. The molecule has 1 aliphatic carbocycles. The SMILES string of the molecule is CO[C](CC(C)C)CC1CCCCC1. The normalized spacial score (nSPS) is 19.5. The van der Waals surface area contributed by atoms with Crippen LogP contribution in [0.25, 0.3) is 0 Å². The van der Waals surface area contributed by atoms with Gasteiger partial charge in [-0.2, -0.15) is 0 Å². The van der Waals surface area contributed by atoms with Crippen LogP contribution in [-0.4, -0.2) is 7.11 Å². The second-order valence-corrected chi connectivity index (χ2v) is 5.05. The van der Waals surface area contributed by atoms with Gasteiger partial charge in [-0.1, -0.05) is 46.0 Å². The third-order valence-electron chi connectivity index (χ3n) is 3.17. The molecular weight excluding hydrogens is 172 g/mol. The standard InChI is InChI=1S/C13H25O/c1-11(2)9-13(14-3)10-12-7-5-4-6-8-12/h11-12H,4-10H2,1-3H3. The molecule has 0 aliphatic heterocycles. The van der Waals surface area contributed by atoms with Gasteiger partial charge in [-0.05, 0) is 24.7 Å². The fraction of sp³-hybridized carbons (Fsp3) is 0.923. The summed E-state index contributed by atoms with van der Waals surface area (Å²) in [5.41, 5.74) is 0. The summed E-state index contributed by atoms with van der Waals surface area (Å²) in [6.45, 7) is 4.53. The van der Waals surface area contributed by atoms with Crippen LogP contribution >= 0.6 is 0 Å². The minimum Gasteiger partial charge on any atom is -0.375 e. The highest BCUT2D eigenvalue weighted by molar-refractivity contribution is 4.83. The predicted molar refractivity (Wildman–Crippen MR) is 60.9 cm³/mol. The van der Waals surface area contributed by atoms with Crippen LogP contribution in [-0.2, 0) is 4.74 Å². The molecule has 1 rings (SSSR count). The van der Waals surface area contributed by atoms with E-state index in [9.17, 15) is 0 Å². The summed E-state index contributed by atoms with van der Waals surface area (Å²) in [4.78, 5) is 0. The molecule has 1 nitrogen and oxygen atoms in total. The molecule has 0 atom stereocenters. The number of hydrogen-bond acceptors (Lipinski definition) is 1. The predicted octanol–water partition coefficient (Wildman–Crippen LogP) is 4.18. The van der Waals surface area contributed by atoms with Gasteiger partial charge in [0, 0.05) is 7.11 Å². The van der Waals surface area contributed by atoms with Crippen molar-refractivity contribution < 1.29 is 4.74 Å². The highest BCUT2D eigenvalue weighted by Gasteiger charge is 2.20. The van der Waals surface area contributed by atoms with Crippen molar-refractivity contribution >= 4 is 0 Å². The second kappa shape index (κ2) is 6.44. The molecule has 14 heavy (non-hydrogen) atoms. The summed E-state index contributed by atoms with van der Waals surface area (Å²) in [5.74, 6) is 1.64. The third-order valence-corrected chi connectivity index (χ3v) is 3.17. The van der Waals surface area contributed by atoms with Gasteiger partial charge in [0.25, 0.3) is 0 Å². The van der Waals surface area contributed by atoms with Crippen molar-refractivity contribution in [2.75, 3.05) is 7.11 Å². The molecule has 0 amide bonds. The van der Waals surface area contributed by atoms with E-state index in [2.05, 4.69) is 13.8 Å². The number of methoxy groups -OCH3 is 1. The fourth-order valence-corrected chi connectivity index (χ4v) is 2.42. The Kier molecular flexibility index (Phi) is 5.54. The first-order valence-corrected chi connectivity index (χ1v) is 6.11. The summed E-state index contributed by atoms with van der Waals surface area (Å²) < 4.78 is 5.48. The van der Waals surface area contributed by atoms with Gasteiger partial charge >= 0.3 is 0 Å². The number of ether oxygens (including phenoxy) is 1. The zero-order valence-electron chi connectivity index (χ0n) is 10.0. The average molecular weight is 197 g/mol. The fourth-order valence-electron chi connectivity index (χ4n) is 2.42. The minimum atomic E-state index is 0.730. The molecule has 0 aromatic heterocycles. The molecule has 83 valence electrons. The van der Waals surface area contributed by atoms with E-state index in [-0.39, 0.29) is 0 Å². The molecule has 1 aliphatic rings. The summed E-state index contributed by atoms with van der Waals surface area (Å²) >= 11 is 0. The van der Waals surface area contributed by atoms with Crippen molar-refractivity contribution in [3.05, 3.63) is 6.10 Å². The monoisotopic (exact) mass is 197 g/mol. The van der Waals surface area contributed by atoms with Gasteiger partial charge in [0.1, 0.15) is 0 Å². The number of hydrogen-bond donors (Lipinski definition) is 0. The zero-order valence-corrected chi connectivity index (χ0v) is 10.0. The van der Waals surface area contributed by atoms with Crippen molar-refractivity contribution in [3.63, 3.8) is 0 Å². The van der Waals surface area contributed by atoms with Crippen LogP contribution in [0.5, 0.6) is 0 Å². The average Bonchev–Trinajstić information content (AvgIpc) is 2.17. The molecule has 0 N–H and O–H groups in total. The van der Waals surface area contributed by atoms with E-state index in [1.165, 1.54) is 44.6 Å². The van der Waals surface area contributed by atoms with Crippen molar-refractivity contribution in [1.29, 1.82) is 0 Å². The van der Waals surface area contributed by atoms with E-state index in [4.69, 9.17) is 4.74 Å². The quantitative estimate of drug-likeness (QED) is 0.642. The maximum atomic E-state index is 5.48. The largest absolute Gasteiger partial charge is 0.375 e. The van der Waals surface area contributed by atoms with Gasteiger partial charge in [-0.15, -0.1) is 0 Å². The Morgan fingerprint density at radius 1 is 1.21 bits per heavy atom. The molecule has 0 heterocycles. The summed E-state index contributed by atoms with van der Waals surface area (Å²) in [7, 11) is 1.83. The lowest BCUT2D eigenvalue weighted by molar-refractivity contribution is 0.148. The second-order valence-electron chi connectivity index (χ2n) is 5.05. The maximum Gasteiger partial charge on any atom is 0.0972 e. The zero-order chi connectivity index (χ0) is 10.4. The Labute approximate surface area is 89.2 Å². The Morgan fingerprint density at radius 2 is 1.86 bits per heavy atom. The van der Waals surface area contributed by atoms with Gasteiger partial charge in [-0.3, -0.25) is 0 Å². The van der Waals surface area contributed by atoms with E-state index < -0.39 is 0 Å². The van der Waals surface area contributed by atoms with E-state index in [0.29, 0.717) is 0 Å². The van der Waals surface area contributed by atoms with Crippen LogP contribution in [0.3, 0.4) is 0 Å². The summed E-state index contributed by atoms with van der Waals surface area (Å²) in [6, 6.07) is 0. The van der Waals surface area contributed by atoms with Gasteiger partial charge in [0.05, 0.1) is 6.10 Å². The van der Waals surface area contributed by atoms with E-state index in [1.807, 2.05) is 7.11 Å². The summed E-state index contributed by atoms with van der Waals surface area (Å²) in [5, 5.41) is 0. The molecule has 1 radical (unpaired) electrons. The molecular formula is C13H25O. The lowest BCUT2D eigenvalue weighted by Crippen LogP contribution is -2.13. The topological polar surface area (TPSA) is 9.23 Å². The van der Waals surface area contributed by atoms with Crippen LogP contribution < -0.4 is 0 Å². The van der Waals surface area contributed by atoms with Crippen LogP contribution in [0.15, 0.2) is 0 Å².